The first-order chi connectivity index (χ1) is 10.2. The molecule has 6 nitrogen and oxygen atoms in total. The normalized spacial score (nSPS) is 24.3. The molecule has 1 N–H and O–H groups in total. The zero-order valence-corrected chi connectivity index (χ0v) is 17.9. The number of Topliss-reactive ketones (excluding diaryl/α,β-unsaturated/α-hetero) is 1. The van der Waals surface area contributed by atoms with Crippen LogP contribution in [0.3, 0.4) is 0 Å². The third-order valence-electron chi connectivity index (χ3n) is 3.10. The molecule has 0 amide bonds. The number of ether oxygens (including phenoxy) is 2. The maximum Gasteiger partial charge on any atom is 1.00 e. The third-order valence-corrected chi connectivity index (χ3v) is 5.77. The molecule has 0 spiro atoms. The molecule has 1 heterocycles. The maximum atomic E-state index is 11.3. The summed E-state index contributed by atoms with van der Waals surface area (Å²) in [6.07, 6.45) is -2.95. The van der Waals surface area contributed by atoms with Gasteiger partial charge in [0.05, 0.1) is 10.7 Å². The van der Waals surface area contributed by atoms with Crippen LogP contribution < -0.4 is 34.7 Å². The van der Waals surface area contributed by atoms with Gasteiger partial charge < -0.3 is 24.5 Å². The molecular formula is C14H23NaO6S2. The summed E-state index contributed by atoms with van der Waals surface area (Å²) in [4.78, 5) is 21.8. The monoisotopic (exact) mass is 374 g/mol. The Morgan fingerprint density at radius 2 is 1.65 bits per heavy atom. The minimum Gasteiger partial charge on any atom is -0.542 e. The molecule has 0 aliphatic carbocycles. The van der Waals surface area contributed by atoms with Crippen LogP contribution >= 0.6 is 23.5 Å². The predicted molar refractivity (Wildman–Crippen MR) is 84.5 cm³/mol. The molecule has 1 aliphatic heterocycles. The van der Waals surface area contributed by atoms with Crippen LogP contribution in [-0.2, 0) is 19.1 Å². The summed E-state index contributed by atoms with van der Waals surface area (Å²) >= 11 is 3.36. The summed E-state index contributed by atoms with van der Waals surface area (Å²) in [5.41, 5.74) is 0. The van der Waals surface area contributed by atoms with Gasteiger partial charge in [-0.3, -0.25) is 4.79 Å². The first kappa shape index (κ1) is 23.7. The first-order valence-corrected chi connectivity index (χ1v) is 9.32. The largest absolute Gasteiger partial charge is 1.00 e. The zero-order valence-electron chi connectivity index (χ0n) is 14.2. The SMILES string of the molecule is CCSC(SCC)[C@H]1OC(C)(C)O[C@H]1[C@@H](O)CC(=O)C(=O)[O-].[Na+]. The molecule has 0 bridgehead atoms. The Kier molecular flexibility index (Phi) is 11.0. The fourth-order valence-corrected chi connectivity index (χ4v) is 4.94. The molecule has 23 heavy (non-hydrogen) atoms. The van der Waals surface area contributed by atoms with Crippen molar-refractivity contribution in [1.29, 1.82) is 0 Å². The summed E-state index contributed by atoms with van der Waals surface area (Å²) in [6.45, 7) is 7.52. The molecule has 1 fully saturated rings. The number of hydrogen-bond acceptors (Lipinski definition) is 8. The summed E-state index contributed by atoms with van der Waals surface area (Å²) in [5.74, 6) is -2.07. The van der Waals surface area contributed by atoms with Gasteiger partial charge in [-0.25, -0.2) is 0 Å². The second-order valence-corrected chi connectivity index (χ2v) is 8.46. The number of hydrogen-bond donors (Lipinski definition) is 1. The van der Waals surface area contributed by atoms with E-state index in [0.29, 0.717) is 0 Å². The molecule has 9 heteroatoms. The topological polar surface area (TPSA) is 95.9 Å². The molecule has 1 aliphatic rings. The Morgan fingerprint density at radius 1 is 1.17 bits per heavy atom. The Labute approximate surface area is 167 Å². The molecule has 128 valence electrons. The molecule has 0 radical (unpaired) electrons. The minimum absolute atomic E-state index is 0. The second-order valence-electron chi connectivity index (χ2n) is 5.33. The summed E-state index contributed by atoms with van der Waals surface area (Å²) in [6, 6.07) is 0. The van der Waals surface area contributed by atoms with Crippen molar-refractivity contribution in [2.45, 2.75) is 62.8 Å². The number of aliphatic carboxylic acids is 1. The van der Waals surface area contributed by atoms with Gasteiger partial charge in [0, 0.05) is 6.42 Å². The Balaban J connectivity index is 0.00000484. The van der Waals surface area contributed by atoms with Crippen molar-refractivity contribution in [2.75, 3.05) is 11.5 Å². The number of carboxylic acids is 1. The van der Waals surface area contributed by atoms with Crippen molar-refractivity contribution >= 4 is 35.3 Å². The number of carboxylic acid groups (broad SMARTS) is 1. The van der Waals surface area contributed by atoms with E-state index in [1.807, 2.05) is 13.8 Å². The summed E-state index contributed by atoms with van der Waals surface area (Å²) < 4.78 is 11.6. The molecule has 0 aromatic heterocycles. The number of carbonyl (C=O) groups excluding carboxylic acids is 2. The second kappa shape index (κ2) is 10.7. The number of aliphatic hydroxyl groups is 1. The third kappa shape index (κ3) is 7.23. The van der Waals surface area contributed by atoms with Crippen molar-refractivity contribution < 1.29 is 58.8 Å². The zero-order chi connectivity index (χ0) is 16.9. The number of aliphatic hydroxyl groups excluding tert-OH is 1. The predicted octanol–water partition coefficient (Wildman–Crippen LogP) is -2.59. The average molecular weight is 374 g/mol. The van der Waals surface area contributed by atoms with Crippen LogP contribution in [0.25, 0.3) is 0 Å². The fourth-order valence-electron chi connectivity index (χ4n) is 2.28. The molecule has 0 aromatic carbocycles. The van der Waals surface area contributed by atoms with Crippen molar-refractivity contribution in [3.05, 3.63) is 0 Å². The molecule has 1 rings (SSSR count). The molecule has 0 unspecified atom stereocenters. The number of carbonyl (C=O) groups is 2. The Morgan fingerprint density at radius 3 is 2.09 bits per heavy atom. The number of rotatable bonds is 9. The van der Waals surface area contributed by atoms with Crippen LogP contribution in [0.5, 0.6) is 0 Å². The van der Waals surface area contributed by atoms with Gasteiger partial charge in [0.25, 0.3) is 0 Å². The molecule has 0 saturated carbocycles. The summed E-state index contributed by atoms with van der Waals surface area (Å²) in [7, 11) is 0. The number of thioether (sulfide) groups is 2. The van der Waals surface area contributed by atoms with E-state index in [1.54, 1.807) is 37.4 Å². The fraction of sp³-hybridized carbons (Fsp3) is 0.857. The maximum absolute atomic E-state index is 11.3. The molecular weight excluding hydrogens is 351 g/mol. The van der Waals surface area contributed by atoms with E-state index in [1.165, 1.54) is 0 Å². The van der Waals surface area contributed by atoms with Crippen LogP contribution in [-0.4, -0.2) is 57.0 Å². The van der Waals surface area contributed by atoms with Crippen molar-refractivity contribution in [3.63, 3.8) is 0 Å². The quantitative estimate of drug-likeness (QED) is 0.267. The van der Waals surface area contributed by atoms with Crippen LogP contribution in [0.15, 0.2) is 0 Å². The molecule has 0 aromatic rings. The molecule has 3 atom stereocenters. The van der Waals surface area contributed by atoms with E-state index in [9.17, 15) is 19.8 Å². The van der Waals surface area contributed by atoms with E-state index in [-0.39, 0.29) is 34.1 Å². The Bertz CT molecular complexity index is 401. The van der Waals surface area contributed by atoms with E-state index in [0.717, 1.165) is 11.5 Å². The Hall–Kier alpha value is 0.720. The van der Waals surface area contributed by atoms with Gasteiger partial charge in [0.1, 0.15) is 18.2 Å². The number of ketones is 1. The standard InChI is InChI=1S/C14H24O6S2.Na/c1-5-21-13(22-6-2)11-10(19-14(3,4)20-11)8(15)7-9(16)12(17)18;/h8,10-11,13,15H,5-7H2,1-4H3,(H,17,18);/q;+1/p-1/t8-,10-,11-;/m0./s1. The van der Waals surface area contributed by atoms with Gasteiger partial charge in [-0.15, -0.1) is 23.5 Å². The van der Waals surface area contributed by atoms with E-state index >= 15 is 0 Å². The van der Waals surface area contributed by atoms with Gasteiger partial charge in [-0.05, 0) is 25.4 Å². The van der Waals surface area contributed by atoms with Gasteiger partial charge in [0.15, 0.2) is 11.6 Å². The van der Waals surface area contributed by atoms with Gasteiger partial charge in [0.2, 0.25) is 0 Å². The average Bonchev–Trinajstić information content (AvgIpc) is 2.74. The van der Waals surface area contributed by atoms with Gasteiger partial charge in [-0.1, -0.05) is 13.8 Å². The van der Waals surface area contributed by atoms with E-state index in [2.05, 4.69) is 0 Å². The van der Waals surface area contributed by atoms with Crippen LogP contribution in [0.4, 0.5) is 0 Å². The van der Waals surface area contributed by atoms with Crippen molar-refractivity contribution in [3.8, 4) is 0 Å². The summed E-state index contributed by atoms with van der Waals surface area (Å²) in [5, 5.41) is 20.8. The minimum atomic E-state index is -1.80. The van der Waals surface area contributed by atoms with Gasteiger partial charge >= 0.3 is 29.6 Å². The van der Waals surface area contributed by atoms with Crippen molar-refractivity contribution in [1.82, 2.24) is 0 Å². The smallest absolute Gasteiger partial charge is 0.542 e. The van der Waals surface area contributed by atoms with Crippen LogP contribution in [0.2, 0.25) is 0 Å². The van der Waals surface area contributed by atoms with E-state index in [4.69, 9.17) is 9.47 Å². The van der Waals surface area contributed by atoms with Gasteiger partial charge in [-0.2, -0.15) is 0 Å². The van der Waals surface area contributed by atoms with Crippen molar-refractivity contribution in [2.24, 2.45) is 0 Å². The van der Waals surface area contributed by atoms with E-state index < -0.39 is 42.3 Å². The molecule has 1 saturated heterocycles. The first-order valence-electron chi connectivity index (χ1n) is 7.22. The van der Waals surface area contributed by atoms with Crippen LogP contribution in [0, 0.1) is 0 Å². The van der Waals surface area contributed by atoms with Crippen LogP contribution in [0.1, 0.15) is 34.1 Å².